The maximum atomic E-state index is 5.31. The van der Waals surface area contributed by atoms with Gasteiger partial charge in [0.1, 0.15) is 0 Å². The van der Waals surface area contributed by atoms with Crippen molar-refractivity contribution >= 4 is 5.96 Å². The molecule has 0 radical (unpaired) electrons. The molecule has 0 amide bonds. The number of nitrogens with one attached hydrogen (secondary N) is 1. The second-order valence-corrected chi connectivity index (χ2v) is 2.21. The maximum absolute atomic E-state index is 5.31. The minimum atomic E-state index is 0.221. The lowest BCUT2D eigenvalue weighted by molar-refractivity contribution is 0.953. The van der Waals surface area contributed by atoms with Crippen LogP contribution in [-0.4, -0.2) is 10.9 Å². The van der Waals surface area contributed by atoms with E-state index < -0.39 is 0 Å². The second-order valence-electron chi connectivity index (χ2n) is 2.21. The Kier molecular flexibility index (Phi) is 3.04. The summed E-state index contributed by atoms with van der Waals surface area (Å²) in [4.78, 5) is 7.86. The first kappa shape index (κ1) is 8.48. The Morgan fingerprint density at radius 1 is 1.67 bits per heavy atom. The molecule has 0 aliphatic carbocycles. The summed E-state index contributed by atoms with van der Waals surface area (Å²) >= 11 is 0. The first-order chi connectivity index (χ1) is 5.83. The predicted molar refractivity (Wildman–Crippen MR) is 46.9 cm³/mol. The fraction of sp³-hybridized carbons (Fsp3) is 0.143. The van der Waals surface area contributed by atoms with E-state index in [0.29, 0.717) is 6.54 Å². The summed E-state index contributed by atoms with van der Waals surface area (Å²) in [6, 6.07) is 3.76. The van der Waals surface area contributed by atoms with Gasteiger partial charge in [0.05, 0.1) is 6.54 Å². The highest BCUT2D eigenvalue weighted by Crippen LogP contribution is 1.96. The highest BCUT2D eigenvalue weighted by Gasteiger charge is 1.89. The van der Waals surface area contributed by atoms with Gasteiger partial charge in [-0.05, 0) is 11.6 Å². The van der Waals surface area contributed by atoms with Crippen LogP contribution in [-0.2, 0) is 6.54 Å². The Balaban J connectivity index is 2.54. The van der Waals surface area contributed by atoms with Crippen LogP contribution < -0.4 is 17.0 Å². The predicted octanol–water partition coefficient (Wildman–Crippen LogP) is -0.640. The van der Waals surface area contributed by atoms with Crippen LogP contribution in [0, 0.1) is 0 Å². The van der Waals surface area contributed by atoms with E-state index in [-0.39, 0.29) is 5.96 Å². The third-order valence-electron chi connectivity index (χ3n) is 1.30. The molecule has 1 heterocycles. The number of aliphatic imine (C=N–C) groups is 1. The number of guanidine groups is 1. The number of hydrazine groups is 1. The van der Waals surface area contributed by atoms with E-state index in [0.717, 1.165) is 5.56 Å². The van der Waals surface area contributed by atoms with Crippen molar-refractivity contribution in [2.24, 2.45) is 16.6 Å². The van der Waals surface area contributed by atoms with Gasteiger partial charge in [-0.1, -0.05) is 6.07 Å². The summed E-state index contributed by atoms with van der Waals surface area (Å²) in [5, 5.41) is 0. The van der Waals surface area contributed by atoms with Crippen molar-refractivity contribution in [2.45, 2.75) is 6.54 Å². The lowest BCUT2D eigenvalue weighted by Gasteiger charge is -1.97. The zero-order valence-corrected chi connectivity index (χ0v) is 6.57. The average Bonchev–Trinajstić information content (AvgIpc) is 2.16. The van der Waals surface area contributed by atoms with Gasteiger partial charge in [-0.25, -0.2) is 10.8 Å². The van der Waals surface area contributed by atoms with Crippen molar-refractivity contribution in [3.05, 3.63) is 30.1 Å². The van der Waals surface area contributed by atoms with Crippen molar-refractivity contribution in [3.8, 4) is 0 Å². The molecular weight excluding hydrogens is 154 g/mol. The number of pyridine rings is 1. The van der Waals surface area contributed by atoms with Crippen LogP contribution in [0.4, 0.5) is 0 Å². The van der Waals surface area contributed by atoms with E-state index in [1.165, 1.54) is 0 Å². The third-order valence-corrected chi connectivity index (χ3v) is 1.30. The summed E-state index contributed by atoms with van der Waals surface area (Å²) in [6.45, 7) is 0.490. The maximum Gasteiger partial charge on any atom is 0.203 e. The first-order valence-electron chi connectivity index (χ1n) is 3.48. The zero-order valence-electron chi connectivity index (χ0n) is 6.57. The average molecular weight is 165 g/mol. The fourth-order valence-corrected chi connectivity index (χ4v) is 0.714. The monoisotopic (exact) mass is 165 g/mol. The molecule has 0 spiro atoms. The van der Waals surface area contributed by atoms with Crippen LogP contribution in [0.5, 0.6) is 0 Å². The van der Waals surface area contributed by atoms with E-state index >= 15 is 0 Å². The molecule has 64 valence electrons. The van der Waals surface area contributed by atoms with E-state index in [9.17, 15) is 0 Å². The molecule has 0 fully saturated rings. The van der Waals surface area contributed by atoms with Crippen LogP contribution in [0.25, 0.3) is 0 Å². The molecule has 0 bridgehead atoms. The Labute approximate surface area is 70.5 Å². The van der Waals surface area contributed by atoms with Gasteiger partial charge in [0.25, 0.3) is 0 Å². The first-order valence-corrected chi connectivity index (χ1v) is 3.48. The molecule has 1 aromatic rings. The summed E-state index contributed by atoms with van der Waals surface area (Å²) < 4.78 is 0. The van der Waals surface area contributed by atoms with Gasteiger partial charge < -0.3 is 5.73 Å². The summed E-state index contributed by atoms with van der Waals surface area (Å²) in [5.41, 5.74) is 8.55. The summed E-state index contributed by atoms with van der Waals surface area (Å²) in [6.07, 6.45) is 3.44. The fourth-order valence-electron chi connectivity index (χ4n) is 0.714. The van der Waals surface area contributed by atoms with Crippen molar-refractivity contribution < 1.29 is 0 Å². The van der Waals surface area contributed by atoms with Gasteiger partial charge in [-0.15, -0.1) is 0 Å². The van der Waals surface area contributed by atoms with Crippen molar-refractivity contribution in [1.82, 2.24) is 10.4 Å². The molecule has 12 heavy (non-hydrogen) atoms. The molecule has 0 aliphatic rings. The summed E-state index contributed by atoms with van der Waals surface area (Å²) in [5.74, 6) is 5.24. The van der Waals surface area contributed by atoms with Crippen molar-refractivity contribution in [1.29, 1.82) is 0 Å². The van der Waals surface area contributed by atoms with E-state index in [4.69, 9.17) is 11.6 Å². The van der Waals surface area contributed by atoms with Gasteiger partial charge in [0, 0.05) is 12.4 Å². The number of nitrogens with zero attached hydrogens (tertiary/aromatic N) is 2. The van der Waals surface area contributed by atoms with Gasteiger partial charge in [0.2, 0.25) is 5.96 Å². The molecule has 5 heteroatoms. The lowest BCUT2D eigenvalue weighted by Crippen LogP contribution is -2.37. The SMILES string of the molecule is NNC(N)=NCc1cccnc1. The Hall–Kier alpha value is -1.62. The van der Waals surface area contributed by atoms with Crippen LogP contribution in [0.3, 0.4) is 0 Å². The minimum absolute atomic E-state index is 0.221. The van der Waals surface area contributed by atoms with Crippen LogP contribution in [0.2, 0.25) is 0 Å². The third kappa shape index (κ3) is 2.55. The summed E-state index contributed by atoms with van der Waals surface area (Å²) in [7, 11) is 0. The molecule has 5 N–H and O–H groups in total. The number of nitrogens with two attached hydrogens (primary N) is 2. The largest absolute Gasteiger partial charge is 0.369 e. The molecule has 0 atom stereocenters. The Morgan fingerprint density at radius 3 is 3.08 bits per heavy atom. The van der Waals surface area contributed by atoms with Gasteiger partial charge >= 0.3 is 0 Å². The van der Waals surface area contributed by atoms with E-state index in [1.807, 2.05) is 12.1 Å². The molecule has 0 saturated heterocycles. The topological polar surface area (TPSA) is 89.3 Å². The smallest absolute Gasteiger partial charge is 0.203 e. The molecule has 0 aromatic carbocycles. The molecule has 0 aliphatic heterocycles. The quantitative estimate of drug-likeness (QED) is 0.235. The van der Waals surface area contributed by atoms with E-state index in [2.05, 4.69) is 15.4 Å². The Bertz CT molecular complexity index is 256. The highest BCUT2D eigenvalue weighted by atomic mass is 15.3. The van der Waals surface area contributed by atoms with E-state index in [1.54, 1.807) is 12.4 Å². The van der Waals surface area contributed by atoms with Gasteiger partial charge in [-0.2, -0.15) is 0 Å². The number of rotatable bonds is 2. The van der Waals surface area contributed by atoms with Crippen molar-refractivity contribution in [3.63, 3.8) is 0 Å². The standard InChI is InChI=1S/C7H11N5/c8-7(12-9)11-5-6-2-1-3-10-4-6/h1-4H,5,9H2,(H3,8,11,12). The molecule has 0 unspecified atom stereocenters. The minimum Gasteiger partial charge on any atom is -0.369 e. The molecule has 5 nitrogen and oxygen atoms in total. The van der Waals surface area contributed by atoms with Crippen molar-refractivity contribution in [2.75, 3.05) is 0 Å². The number of hydrogen-bond acceptors (Lipinski definition) is 3. The Morgan fingerprint density at radius 2 is 2.50 bits per heavy atom. The molecule has 1 aromatic heterocycles. The van der Waals surface area contributed by atoms with Crippen LogP contribution in [0.1, 0.15) is 5.56 Å². The number of aromatic nitrogens is 1. The highest BCUT2D eigenvalue weighted by molar-refractivity contribution is 5.77. The van der Waals surface area contributed by atoms with Gasteiger partial charge in [-0.3, -0.25) is 10.4 Å². The van der Waals surface area contributed by atoms with Crippen LogP contribution in [0.15, 0.2) is 29.5 Å². The molecule has 0 saturated carbocycles. The second kappa shape index (κ2) is 4.30. The normalized spacial score (nSPS) is 11.2. The molecule has 1 rings (SSSR count). The van der Waals surface area contributed by atoms with Gasteiger partial charge in [0.15, 0.2) is 0 Å². The zero-order chi connectivity index (χ0) is 8.81. The number of hydrogen-bond donors (Lipinski definition) is 3. The lowest BCUT2D eigenvalue weighted by atomic mass is 10.3. The van der Waals surface area contributed by atoms with Crippen LogP contribution >= 0.6 is 0 Å². The molecular formula is C7H11N5.